The third-order valence-corrected chi connectivity index (χ3v) is 2.50. The molecule has 0 spiro atoms. The molecule has 0 amide bonds. The van der Waals surface area contributed by atoms with Gasteiger partial charge < -0.3 is 4.74 Å². The molecule has 3 unspecified atom stereocenters. The zero-order valence-electron chi connectivity index (χ0n) is 5.82. The van der Waals surface area contributed by atoms with Crippen LogP contribution in [0.15, 0.2) is 0 Å². The van der Waals surface area contributed by atoms with Crippen molar-refractivity contribution in [2.75, 3.05) is 19.6 Å². The first-order valence-corrected chi connectivity index (χ1v) is 3.71. The first kappa shape index (κ1) is 6.16. The van der Waals surface area contributed by atoms with Gasteiger partial charge in [-0.05, 0) is 13.0 Å². The van der Waals surface area contributed by atoms with Crippen LogP contribution >= 0.6 is 0 Å². The van der Waals surface area contributed by atoms with Crippen LogP contribution in [0.2, 0.25) is 0 Å². The molecule has 0 aliphatic carbocycles. The van der Waals surface area contributed by atoms with Gasteiger partial charge in [-0.25, -0.2) is 0 Å². The number of rotatable bonds is 2. The standard InChI is InChI=1S/C7H11NO2/c9-5-10-7-4-8-2-1-6(7)3-8/h5-7H,1-4H2. The average molecular weight is 141 g/mol. The fraction of sp³-hybridized carbons (Fsp3) is 0.857. The van der Waals surface area contributed by atoms with Gasteiger partial charge in [0.25, 0.3) is 6.47 Å². The predicted octanol–water partition coefficient (Wildman–Crippen LogP) is -0.137. The van der Waals surface area contributed by atoms with E-state index in [2.05, 4.69) is 4.90 Å². The molecular formula is C7H11NO2. The van der Waals surface area contributed by atoms with Gasteiger partial charge in [-0.1, -0.05) is 0 Å². The summed E-state index contributed by atoms with van der Waals surface area (Å²) in [4.78, 5) is 12.3. The molecule has 56 valence electrons. The van der Waals surface area contributed by atoms with Crippen LogP contribution in [-0.2, 0) is 9.53 Å². The number of carbonyl (C=O) groups excluding carboxylic acids is 1. The molecule has 2 aliphatic rings. The van der Waals surface area contributed by atoms with E-state index in [1.807, 2.05) is 0 Å². The Kier molecular flexibility index (Phi) is 1.38. The van der Waals surface area contributed by atoms with Crippen molar-refractivity contribution in [1.82, 2.24) is 4.90 Å². The van der Waals surface area contributed by atoms with Crippen LogP contribution in [0.4, 0.5) is 0 Å². The summed E-state index contributed by atoms with van der Waals surface area (Å²) in [5, 5.41) is 0. The number of piperidine rings is 1. The van der Waals surface area contributed by atoms with Gasteiger partial charge in [-0.2, -0.15) is 0 Å². The van der Waals surface area contributed by atoms with Gasteiger partial charge in [0.2, 0.25) is 0 Å². The van der Waals surface area contributed by atoms with Gasteiger partial charge in [-0.3, -0.25) is 9.69 Å². The molecule has 2 saturated heterocycles. The topological polar surface area (TPSA) is 29.5 Å². The zero-order valence-corrected chi connectivity index (χ0v) is 5.82. The van der Waals surface area contributed by atoms with Crippen LogP contribution in [0.5, 0.6) is 0 Å². The van der Waals surface area contributed by atoms with E-state index in [1.165, 1.54) is 13.0 Å². The number of nitrogens with zero attached hydrogens (tertiary/aromatic N) is 1. The second-order valence-electron chi connectivity index (χ2n) is 3.08. The molecule has 0 aromatic rings. The molecule has 0 aromatic heterocycles. The fourth-order valence-corrected chi connectivity index (χ4v) is 1.96. The molecule has 0 radical (unpaired) electrons. The third-order valence-electron chi connectivity index (χ3n) is 2.50. The van der Waals surface area contributed by atoms with Crippen molar-refractivity contribution in [3.8, 4) is 0 Å². The van der Waals surface area contributed by atoms with E-state index in [0.717, 1.165) is 13.1 Å². The summed E-state index contributed by atoms with van der Waals surface area (Å²) in [7, 11) is 0. The van der Waals surface area contributed by atoms with Crippen LogP contribution in [0.3, 0.4) is 0 Å². The lowest BCUT2D eigenvalue weighted by Crippen LogP contribution is -2.29. The summed E-state index contributed by atoms with van der Waals surface area (Å²) in [6, 6.07) is 0. The van der Waals surface area contributed by atoms with Gasteiger partial charge in [0.1, 0.15) is 6.10 Å². The molecule has 2 fully saturated rings. The van der Waals surface area contributed by atoms with E-state index in [4.69, 9.17) is 4.74 Å². The maximum Gasteiger partial charge on any atom is 0.293 e. The molecule has 3 nitrogen and oxygen atoms in total. The molecular weight excluding hydrogens is 130 g/mol. The molecule has 3 atom stereocenters. The lowest BCUT2D eigenvalue weighted by atomic mass is 10.0. The summed E-state index contributed by atoms with van der Waals surface area (Å²) in [6.45, 7) is 3.87. The van der Waals surface area contributed by atoms with E-state index < -0.39 is 0 Å². The highest BCUT2D eigenvalue weighted by atomic mass is 16.5. The summed E-state index contributed by atoms with van der Waals surface area (Å²) in [5.74, 6) is 0.630. The van der Waals surface area contributed by atoms with Gasteiger partial charge in [-0.15, -0.1) is 0 Å². The van der Waals surface area contributed by atoms with Crippen molar-refractivity contribution in [2.45, 2.75) is 12.5 Å². The normalized spacial score (nSPS) is 43.8. The Hall–Kier alpha value is -0.570. The minimum atomic E-state index is 0.200. The smallest absolute Gasteiger partial charge is 0.293 e. The monoisotopic (exact) mass is 141 g/mol. The molecule has 0 N–H and O–H groups in total. The molecule has 2 rings (SSSR count). The predicted molar refractivity (Wildman–Crippen MR) is 35.5 cm³/mol. The Morgan fingerprint density at radius 2 is 2.40 bits per heavy atom. The highest BCUT2D eigenvalue weighted by molar-refractivity contribution is 5.37. The minimum Gasteiger partial charge on any atom is -0.463 e. The summed E-state index contributed by atoms with van der Waals surface area (Å²) < 4.78 is 4.91. The largest absolute Gasteiger partial charge is 0.463 e. The first-order chi connectivity index (χ1) is 4.90. The van der Waals surface area contributed by atoms with Crippen LogP contribution < -0.4 is 0 Å². The zero-order chi connectivity index (χ0) is 6.97. The summed E-state index contributed by atoms with van der Waals surface area (Å²) >= 11 is 0. The molecule has 0 saturated carbocycles. The highest BCUT2D eigenvalue weighted by Crippen LogP contribution is 2.29. The van der Waals surface area contributed by atoms with Crippen LogP contribution in [0, 0.1) is 5.92 Å². The van der Waals surface area contributed by atoms with Gasteiger partial charge >= 0.3 is 0 Å². The molecule has 0 aromatic carbocycles. The lowest BCUT2D eigenvalue weighted by Gasteiger charge is -2.19. The number of hydrogen-bond donors (Lipinski definition) is 0. The Morgan fingerprint density at radius 1 is 1.50 bits per heavy atom. The van der Waals surface area contributed by atoms with E-state index >= 15 is 0 Å². The average Bonchev–Trinajstić information content (AvgIpc) is 2.48. The maximum absolute atomic E-state index is 10.00. The SMILES string of the molecule is O=COC1CN2CCC1C2. The van der Waals surface area contributed by atoms with Crippen LogP contribution in [-0.4, -0.2) is 37.1 Å². The quantitative estimate of drug-likeness (QED) is 0.501. The van der Waals surface area contributed by atoms with Crippen molar-refractivity contribution in [3.05, 3.63) is 0 Å². The third kappa shape index (κ3) is 0.814. The first-order valence-electron chi connectivity index (χ1n) is 3.71. The molecule has 3 heteroatoms. The maximum atomic E-state index is 10.00. The Bertz CT molecular complexity index is 149. The van der Waals surface area contributed by atoms with Crippen molar-refractivity contribution in [1.29, 1.82) is 0 Å². The fourth-order valence-electron chi connectivity index (χ4n) is 1.96. The molecule has 2 aliphatic heterocycles. The van der Waals surface area contributed by atoms with E-state index in [1.54, 1.807) is 0 Å². The van der Waals surface area contributed by atoms with Crippen molar-refractivity contribution < 1.29 is 9.53 Å². The van der Waals surface area contributed by atoms with Crippen LogP contribution in [0.25, 0.3) is 0 Å². The second-order valence-corrected chi connectivity index (χ2v) is 3.08. The second kappa shape index (κ2) is 2.23. The molecule has 2 bridgehead atoms. The van der Waals surface area contributed by atoms with Gasteiger partial charge in [0.15, 0.2) is 0 Å². The highest BCUT2D eigenvalue weighted by Gasteiger charge is 2.38. The van der Waals surface area contributed by atoms with Gasteiger partial charge in [0.05, 0.1) is 0 Å². The van der Waals surface area contributed by atoms with Crippen molar-refractivity contribution in [2.24, 2.45) is 5.92 Å². The summed E-state index contributed by atoms with van der Waals surface area (Å²) in [6.07, 6.45) is 1.41. The number of hydrogen-bond acceptors (Lipinski definition) is 3. The number of carbonyl (C=O) groups is 1. The molecule has 2 heterocycles. The Morgan fingerprint density at radius 3 is 2.90 bits per heavy atom. The lowest BCUT2D eigenvalue weighted by molar-refractivity contribution is -0.135. The van der Waals surface area contributed by atoms with Crippen LogP contribution in [0.1, 0.15) is 6.42 Å². The Labute approximate surface area is 60.0 Å². The number of ether oxygens (including phenoxy) is 1. The van der Waals surface area contributed by atoms with Crippen molar-refractivity contribution >= 4 is 6.47 Å². The van der Waals surface area contributed by atoms with Crippen molar-refractivity contribution in [3.63, 3.8) is 0 Å². The van der Waals surface area contributed by atoms with E-state index in [9.17, 15) is 4.79 Å². The van der Waals surface area contributed by atoms with E-state index in [-0.39, 0.29) is 6.10 Å². The molecule has 10 heavy (non-hydrogen) atoms. The minimum absolute atomic E-state index is 0.200. The summed E-state index contributed by atoms with van der Waals surface area (Å²) in [5.41, 5.74) is 0. The Balaban J connectivity index is 1.95. The number of fused-ring (bicyclic) bond motifs is 2. The van der Waals surface area contributed by atoms with Gasteiger partial charge in [0, 0.05) is 19.0 Å². The van der Waals surface area contributed by atoms with E-state index in [0.29, 0.717) is 12.4 Å².